The van der Waals surface area contributed by atoms with Gasteiger partial charge < -0.3 is 30.9 Å². The van der Waals surface area contributed by atoms with E-state index in [4.69, 9.17) is 4.74 Å². The predicted octanol–water partition coefficient (Wildman–Crippen LogP) is 2.19. The molecule has 282 valence electrons. The molecule has 0 spiro atoms. The number of amides is 5. The molecule has 3 heterocycles. The molecule has 2 saturated heterocycles. The summed E-state index contributed by atoms with van der Waals surface area (Å²) >= 11 is 1.09. The third-order valence-electron chi connectivity index (χ3n) is 10.2. The molecule has 4 rings (SSSR count). The average Bonchev–Trinajstić information content (AvgIpc) is 3.53. The maximum atomic E-state index is 14.3. The number of thiophene rings is 1. The van der Waals surface area contributed by atoms with Crippen molar-refractivity contribution in [1.82, 2.24) is 30.5 Å². The summed E-state index contributed by atoms with van der Waals surface area (Å²) in [6.45, 7) is 13.7. The van der Waals surface area contributed by atoms with E-state index in [0.717, 1.165) is 34.9 Å². The number of carbonyl (C=O) groups is 5. The van der Waals surface area contributed by atoms with Crippen LogP contribution in [0, 0.1) is 17.3 Å². The van der Waals surface area contributed by atoms with Crippen LogP contribution in [-0.4, -0.2) is 111 Å². The van der Waals surface area contributed by atoms with Gasteiger partial charge in [0.05, 0.1) is 18.7 Å². The van der Waals surface area contributed by atoms with Crippen LogP contribution in [0.25, 0.3) is 0 Å². The molecular formula is C35H52N6O8S2. The number of rotatable bonds is 11. The molecule has 1 saturated carbocycles. The zero-order valence-electron chi connectivity index (χ0n) is 29.9. The number of carbonyl (C=O) groups excluding carboxylic acids is 5. The summed E-state index contributed by atoms with van der Waals surface area (Å²) in [6.07, 6.45) is 5.53. The molecule has 3 aliphatic rings. The largest absolute Gasteiger partial charge is 0.379 e. The number of piperidine rings is 1. The molecule has 0 unspecified atom stereocenters. The smallest absolute Gasteiger partial charge is 0.316 e. The van der Waals surface area contributed by atoms with Gasteiger partial charge in [-0.2, -0.15) is 4.31 Å². The van der Waals surface area contributed by atoms with Gasteiger partial charge in [0.25, 0.3) is 15.9 Å². The lowest BCUT2D eigenvalue weighted by atomic mass is 9.98. The van der Waals surface area contributed by atoms with Gasteiger partial charge in [0.15, 0.2) is 0 Å². The first-order chi connectivity index (χ1) is 24.1. The van der Waals surface area contributed by atoms with E-state index >= 15 is 0 Å². The molecule has 6 atom stereocenters. The number of hydrogen-bond acceptors (Lipinski definition) is 9. The standard InChI is InChI=1S/C35H52N6O8S2/c1-7-16-36-32(44)30(42)24-14-11-9-8-10-12-17-49-21-26(33(45)41-19-23-28(35(23,4)5)29(41)31(43)37-24)39-34(46)38-25(22(2)3)20-40(6)51(47,48)27-15-13-18-50-27/h7,13,15,18,23-26,28-29H,1-2,8-12,14,16-17,19-21H2,3-6H3,(H,36,44)(H,37,43)(H2,38,39,46)/t23-,24-,25+,26-,28-,29-/m0/s1. The summed E-state index contributed by atoms with van der Waals surface area (Å²) in [7, 11) is -2.38. The van der Waals surface area contributed by atoms with Crippen LogP contribution in [0.1, 0.15) is 59.3 Å². The molecular weight excluding hydrogens is 697 g/mol. The minimum atomic E-state index is -3.80. The van der Waals surface area contributed by atoms with E-state index in [0.29, 0.717) is 25.0 Å². The molecule has 14 nitrogen and oxygen atoms in total. The Bertz CT molecular complexity index is 1580. The minimum Gasteiger partial charge on any atom is -0.379 e. The van der Waals surface area contributed by atoms with E-state index in [2.05, 4.69) is 34.4 Å². The quantitative estimate of drug-likeness (QED) is 0.196. The van der Waals surface area contributed by atoms with Crippen LogP contribution < -0.4 is 21.3 Å². The van der Waals surface area contributed by atoms with Gasteiger partial charge in [-0.3, -0.25) is 19.2 Å². The number of ketones is 1. The second kappa shape index (κ2) is 17.3. The molecule has 0 radical (unpaired) electrons. The van der Waals surface area contributed by atoms with Gasteiger partial charge in [-0.25, -0.2) is 13.2 Å². The Morgan fingerprint density at radius 1 is 1.20 bits per heavy atom. The first-order valence-electron chi connectivity index (χ1n) is 17.4. The Hall–Kier alpha value is -3.60. The van der Waals surface area contributed by atoms with Crippen LogP contribution in [0.4, 0.5) is 4.79 Å². The number of sulfonamides is 1. The second-order valence-electron chi connectivity index (χ2n) is 14.2. The monoisotopic (exact) mass is 748 g/mol. The number of nitrogens with one attached hydrogen (secondary N) is 4. The summed E-state index contributed by atoms with van der Waals surface area (Å²) in [5, 5.41) is 12.4. The molecule has 5 amide bonds. The molecule has 1 aromatic rings. The topological polar surface area (TPSA) is 183 Å². The second-order valence-corrected chi connectivity index (χ2v) is 17.5. The normalized spacial score (nSPS) is 26.2. The van der Waals surface area contributed by atoms with Crippen molar-refractivity contribution in [2.24, 2.45) is 17.3 Å². The van der Waals surface area contributed by atoms with Crippen LogP contribution in [0.3, 0.4) is 0 Å². The lowest BCUT2D eigenvalue weighted by Gasteiger charge is -2.34. The first-order valence-corrected chi connectivity index (χ1v) is 19.8. The molecule has 1 aromatic heterocycles. The van der Waals surface area contributed by atoms with E-state index in [1.165, 1.54) is 24.1 Å². The van der Waals surface area contributed by atoms with Crippen LogP contribution >= 0.6 is 11.3 Å². The zero-order chi connectivity index (χ0) is 37.5. The number of fused-ring (bicyclic) bond motifs is 3. The molecule has 2 aliphatic heterocycles. The van der Waals surface area contributed by atoms with Crippen molar-refractivity contribution in [3.8, 4) is 0 Å². The number of ether oxygens (including phenoxy) is 1. The molecule has 16 heteroatoms. The van der Waals surface area contributed by atoms with Crippen molar-refractivity contribution in [1.29, 1.82) is 0 Å². The average molecular weight is 749 g/mol. The van der Waals surface area contributed by atoms with Gasteiger partial charge in [0.1, 0.15) is 16.3 Å². The van der Waals surface area contributed by atoms with E-state index < -0.39 is 63.7 Å². The Balaban J connectivity index is 1.53. The number of nitrogens with zero attached hydrogens (tertiary/aromatic N) is 2. The number of hydrogen-bond donors (Lipinski definition) is 4. The van der Waals surface area contributed by atoms with Crippen LogP contribution in [0.15, 0.2) is 46.5 Å². The third kappa shape index (κ3) is 9.64. The minimum absolute atomic E-state index is 0.0216. The highest BCUT2D eigenvalue weighted by Gasteiger charge is 2.69. The van der Waals surface area contributed by atoms with Gasteiger partial charge >= 0.3 is 6.03 Å². The van der Waals surface area contributed by atoms with Crippen molar-refractivity contribution >= 4 is 50.9 Å². The Morgan fingerprint density at radius 2 is 1.90 bits per heavy atom. The van der Waals surface area contributed by atoms with E-state index in [1.54, 1.807) is 18.4 Å². The van der Waals surface area contributed by atoms with Crippen molar-refractivity contribution < 1.29 is 37.1 Å². The maximum absolute atomic E-state index is 14.3. The van der Waals surface area contributed by atoms with Crippen LogP contribution in [0.2, 0.25) is 0 Å². The van der Waals surface area contributed by atoms with Gasteiger partial charge in [-0.05, 0) is 48.5 Å². The van der Waals surface area contributed by atoms with E-state index in [-0.39, 0.29) is 54.1 Å². The maximum Gasteiger partial charge on any atom is 0.316 e. The van der Waals surface area contributed by atoms with Crippen molar-refractivity contribution in [2.75, 3.05) is 39.9 Å². The summed E-state index contributed by atoms with van der Waals surface area (Å²) in [4.78, 5) is 69.0. The SMILES string of the molecule is C=CCNC(=O)C(=O)[C@@H]1CCCCCCCOC[C@H](NC(=O)N[C@H](CN(C)S(=O)(=O)c2cccs2)C(=C)C)C(=O)N2C[C@H]3[C@@H]([C@H]2C(=O)N1)C3(C)C. The fraction of sp³-hybridized carbons (Fsp3) is 0.629. The summed E-state index contributed by atoms with van der Waals surface area (Å²) in [5.74, 6) is -2.77. The van der Waals surface area contributed by atoms with Gasteiger partial charge in [-0.15, -0.1) is 17.9 Å². The number of likely N-dealkylation sites (N-methyl/N-ethyl adjacent to an activating group) is 1. The Kier molecular flexibility index (Phi) is 13.6. The fourth-order valence-electron chi connectivity index (χ4n) is 7.01. The summed E-state index contributed by atoms with van der Waals surface area (Å²) < 4.78 is 33.3. The van der Waals surface area contributed by atoms with Crippen LogP contribution in [0.5, 0.6) is 0 Å². The van der Waals surface area contributed by atoms with Gasteiger partial charge in [0, 0.05) is 33.3 Å². The highest BCUT2D eigenvalue weighted by Crippen LogP contribution is 2.64. The Labute approximate surface area is 304 Å². The Morgan fingerprint density at radius 3 is 2.57 bits per heavy atom. The van der Waals surface area contributed by atoms with Crippen molar-refractivity contribution in [3.05, 3.63) is 42.3 Å². The lowest BCUT2D eigenvalue weighted by molar-refractivity contribution is -0.144. The highest BCUT2D eigenvalue weighted by atomic mass is 32.2. The van der Waals surface area contributed by atoms with Crippen LogP contribution in [-0.2, 0) is 33.9 Å². The lowest BCUT2D eigenvalue weighted by Crippen LogP contribution is -2.60. The zero-order valence-corrected chi connectivity index (χ0v) is 31.6. The van der Waals surface area contributed by atoms with Gasteiger partial charge in [-0.1, -0.05) is 63.8 Å². The van der Waals surface area contributed by atoms with E-state index in [1.807, 2.05) is 13.8 Å². The number of Topliss-reactive ketones (excluding diaryl/α,β-unsaturated/α-hetero) is 1. The molecule has 51 heavy (non-hydrogen) atoms. The number of urea groups is 1. The summed E-state index contributed by atoms with van der Waals surface area (Å²) in [6, 6.07) is -1.53. The highest BCUT2D eigenvalue weighted by molar-refractivity contribution is 7.91. The third-order valence-corrected chi connectivity index (χ3v) is 13.4. The fourth-order valence-corrected chi connectivity index (χ4v) is 9.40. The van der Waals surface area contributed by atoms with Crippen molar-refractivity contribution in [3.63, 3.8) is 0 Å². The first kappa shape index (κ1) is 40.2. The summed E-state index contributed by atoms with van der Waals surface area (Å²) in [5.41, 5.74) is 0.265. The molecule has 0 bridgehead atoms. The molecule has 1 aliphatic carbocycles. The molecule has 0 aromatic carbocycles. The van der Waals surface area contributed by atoms with Gasteiger partial charge in [0.2, 0.25) is 17.6 Å². The van der Waals surface area contributed by atoms with E-state index in [9.17, 15) is 32.4 Å². The molecule has 4 N–H and O–H groups in total. The molecule has 3 fully saturated rings. The van der Waals surface area contributed by atoms with Crippen molar-refractivity contribution in [2.45, 2.75) is 87.7 Å². The predicted molar refractivity (Wildman–Crippen MR) is 193 cm³/mol.